The van der Waals surface area contributed by atoms with Gasteiger partial charge in [-0.1, -0.05) is 41.1 Å². The molecule has 4 aromatic rings. The SMILES string of the molecule is CCC(C)n1cc(/C=N/NC(=O)c2coc3ccc(Br)cc23)c2ccccc21. The third kappa shape index (κ3) is 3.36. The van der Waals surface area contributed by atoms with E-state index in [1.807, 2.05) is 30.3 Å². The lowest BCUT2D eigenvalue weighted by Gasteiger charge is -2.12. The van der Waals surface area contributed by atoms with Gasteiger partial charge in [0.05, 0.1) is 11.8 Å². The third-order valence-corrected chi connectivity index (χ3v) is 5.48. The summed E-state index contributed by atoms with van der Waals surface area (Å²) >= 11 is 3.42. The summed E-state index contributed by atoms with van der Waals surface area (Å²) in [7, 11) is 0. The molecule has 2 heterocycles. The fraction of sp³-hybridized carbons (Fsp3) is 0.182. The number of para-hydroxylation sites is 1. The molecule has 6 heteroatoms. The van der Waals surface area contributed by atoms with Gasteiger partial charge in [0.2, 0.25) is 0 Å². The van der Waals surface area contributed by atoms with Crippen molar-refractivity contribution in [2.24, 2.45) is 5.10 Å². The van der Waals surface area contributed by atoms with E-state index in [4.69, 9.17) is 4.42 Å². The average molecular weight is 438 g/mol. The smallest absolute Gasteiger partial charge is 0.275 e. The number of aromatic nitrogens is 1. The number of furan rings is 1. The molecule has 5 nitrogen and oxygen atoms in total. The molecule has 1 unspecified atom stereocenters. The minimum absolute atomic E-state index is 0.307. The number of carbonyl (C=O) groups is 1. The molecule has 2 aromatic heterocycles. The Kier molecular flexibility index (Phi) is 5.05. The molecule has 0 bridgehead atoms. The maximum atomic E-state index is 12.5. The van der Waals surface area contributed by atoms with Gasteiger partial charge in [0, 0.05) is 38.6 Å². The molecule has 1 amide bonds. The Balaban J connectivity index is 1.59. The average Bonchev–Trinajstić information content (AvgIpc) is 3.29. The summed E-state index contributed by atoms with van der Waals surface area (Å²) in [5.41, 5.74) is 5.85. The van der Waals surface area contributed by atoms with Crippen molar-refractivity contribution in [2.45, 2.75) is 26.3 Å². The molecule has 142 valence electrons. The highest BCUT2D eigenvalue weighted by Crippen LogP contribution is 2.26. The monoisotopic (exact) mass is 437 g/mol. The van der Waals surface area contributed by atoms with Crippen LogP contribution in [0.2, 0.25) is 0 Å². The number of hydrogen-bond donors (Lipinski definition) is 1. The van der Waals surface area contributed by atoms with Crippen LogP contribution in [-0.4, -0.2) is 16.7 Å². The molecule has 0 saturated carbocycles. The standard InChI is InChI=1S/C22H20BrN3O2/c1-3-14(2)26-12-15(17-6-4-5-7-20(17)26)11-24-25-22(27)19-13-28-21-9-8-16(23)10-18(19)21/h4-14H,3H2,1-2H3,(H,25,27)/b24-11+. The van der Waals surface area contributed by atoms with Crippen molar-refractivity contribution < 1.29 is 9.21 Å². The minimum atomic E-state index is -0.307. The van der Waals surface area contributed by atoms with Gasteiger partial charge in [-0.2, -0.15) is 5.10 Å². The fourth-order valence-electron chi connectivity index (χ4n) is 3.29. The van der Waals surface area contributed by atoms with Crippen LogP contribution in [0.25, 0.3) is 21.9 Å². The first kappa shape index (κ1) is 18.5. The minimum Gasteiger partial charge on any atom is -0.463 e. The Morgan fingerprint density at radius 3 is 2.93 bits per heavy atom. The maximum absolute atomic E-state index is 12.5. The van der Waals surface area contributed by atoms with Gasteiger partial charge in [-0.25, -0.2) is 5.43 Å². The van der Waals surface area contributed by atoms with Gasteiger partial charge in [-0.05, 0) is 37.6 Å². The Hall–Kier alpha value is -2.86. The van der Waals surface area contributed by atoms with E-state index in [0.717, 1.165) is 32.7 Å². The van der Waals surface area contributed by atoms with Crippen molar-refractivity contribution in [2.75, 3.05) is 0 Å². The molecule has 1 N–H and O–H groups in total. The number of hydrogen-bond acceptors (Lipinski definition) is 3. The molecule has 4 rings (SSSR count). The summed E-state index contributed by atoms with van der Waals surface area (Å²) in [6.07, 6.45) is 6.27. The van der Waals surface area contributed by atoms with Gasteiger partial charge in [-0.3, -0.25) is 4.79 Å². The highest BCUT2D eigenvalue weighted by atomic mass is 79.9. The van der Waals surface area contributed by atoms with Crippen LogP contribution >= 0.6 is 15.9 Å². The molecule has 0 fully saturated rings. The third-order valence-electron chi connectivity index (χ3n) is 4.99. The highest BCUT2D eigenvalue weighted by Gasteiger charge is 2.14. The topological polar surface area (TPSA) is 59.5 Å². The van der Waals surface area contributed by atoms with Crippen molar-refractivity contribution in [3.8, 4) is 0 Å². The molecule has 0 saturated heterocycles. The number of benzene rings is 2. The zero-order valence-corrected chi connectivity index (χ0v) is 17.2. The first-order valence-electron chi connectivity index (χ1n) is 9.18. The van der Waals surface area contributed by atoms with E-state index in [0.29, 0.717) is 17.2 Å². The molecular formula is C22H20BrN3O2. The number of halogens is 1. The van der Waals surface area contributed by atoms with Crippen LogP contribution in [0, 0.1) is 0 Å². The zero-order valence-electron chi connectivity index (χ0n) is 15.6. The Labute approximate surface area is 171 Å². The predicted molar refractivity (Wildman–Crippen MR) is 116 cm³/mol. The van der Waals surface area contributed by atoms with Gasteiger partial charge < -0.3 is 8.98 Å². The molecule has 28 heavy (non-hydrogen) atoms. The lowest BCUT2D eigenvalue weighted by molar-refractivity contribution is 0.0956. The molecule has 0 radical (unpaired) electrons. The van der Waals surface area contributed by atoms with Gasteiger partial charge >= 0.3 is 0 Å². The van der Waals surface area contributed by atoms with Crippen LogP contribution in [0.3, 0.4) is 0 Å². The van der Waals surface area contributed by atoms with Crippen LogP contribution in [0.5, 0.6) is 0 Å². The van der Waals surface area contributed by atoms with Crippen LogP contribution in [0.4, 0.5) is 0 Å². The summed E-state index contributed by atoms with van der Waals surface area (Å²) in [6.45, 7) is 4.36. The van der Waals surface area contributed by atoms with Gasteiger partial charge in [-0.15, -0.1) is 0 Å². The van der Waals surface area contributed by atoms with E-state index in [-0.39, 0.29) is 5.91 Å². The van der Waals surface area contributed by atoms with E-state index in [1.165, 1.54) is 6.26 Å². The lowest BCUT2D eigenvalue weighted by atomic mass is 10.2. The predicted octanol–water partition coefficient (Wildman–Crippen LogP) is 5.88. The summed E-state index contributed by atoms with van der Waals surface area (Å²) in [5.74, 6) is -0.307. The summed E-state index contributed by atoms with van der Waals surface area (Å²) in [4.78, 5) is 12.5. The molecular weight excluding hydrogens is 418 g/mol. The highest BCUT2D eigenvalue weighted by molar-refractivity contribution is 9.10. The first-order valence-corrected chi connectivity index (χ1v) is 9.97. The Morgan fingerprint density at radius 1 is 1.29 bits per heavy atom. The number of rotatable bonds is 5. The first-order chi connectivity index (χ1) is 13.6. The van der Waals surface area contributed by atoms with E-state index in [2.05, 4.69) is 63.2 Å². The van der Waals surface area contributed by atoms with Gasteiger partial charge in [0.1, 0.15) is 11.8 Å². The van der Waals surface area contributed by atoms with Crippen molar-refractivity contribution in [1.29, 1.82) is 0 Å². The summed E-state index contributed by atoms with van der Waals surface area (Å²) < 4.78 is 8.59. The van der Waals surface area contributed by atoms with Gasteiger partial charge in [0.15, 0.2) is 0 Å². The number of carbonyl (C=O) groups excluding carboxylic acids is 1. The van der Waals surface area contributed by atoms with Crippen LogP contribution in [-0.2, 0) is 0 Å². The second kappa shape index (κ2) is 7.64. The van der Waals surface area contributed by atoms with Gasteiger partial charge in [0.25, 0.3) is 5.91 Å². The molecule has 0 aliphatic carbocycles. The zero-order chi connectivity index (χ0) is 19.7. The largest absolute Gasteiger partial charge is 0.463 e. The van der Waals surface area contributed by atoms with E-state index in [1.54, 1.807) is 6.21 Å². The summed E-state index contributed by atoms with van der Waals surface area (Å²) in [5, 5.41) is 6.04. The van der Waals surface area contributed by atoms with E-state index < -0.39 is 0 Å². The Bertz CT molecular complexity index is 1190. The van der Waals surface area contributed by atoms with E-state index >= 15 is 0 Å². The quantitative estimate of drug-likeness (QED) is 0.312. The second-order valence-electron chi connectivity index (χ2n) is 6.76. The molecule has 0 aliphatic rings. The molecule has 1 atom stereocenters. The molecule has 0 spiro atoms. The lowest BCUT2D eigenvalue weighted by Crippen LogP contribution is -2.17. The Morgan fingerprint density at radius 2 is 2.11 bits per heavy atom. The molecule has 2 aromatic carbocycles. The number of hydrazone groups is 1. The number of nitrogens with one attached hydrogen (secondary N) is 1. The van der Waals surface area contributed by atoms with Crippen molar-refractivity contribution >= 4 is 49.9 Å². The van der Waals surface area contributed by atoms with Crippen LogP contribution < -0.4 is 5.43 Å². The van der Waals surface area contributed by atoms with Crippen LogP contribution in [0.15, 0.2) is 68.9 Å². The number of amides is 1. The maximum Gasteiger partial charge on any atom is 0.275 e. The number of fused-ring (bicyclic) bond motifs is 2. The second-order valence-corrected chi connectivity index (χ2v) is 7.67. The summed E-state index contributed by atoms with van der Waals surface area (Å²) in [6, 6.07) is 14.2. The van der Waals surface area contributed by atoms with Crippen LogP contribution in [0.1, 0.15) is 42.2 Å². The normalized spacial score (nSPS) is 12.8. The van der Waals surface area contributed by atoms with Crippen molar-refractivity contribution in [3.05, 3.63) is 70.5 Å². The van der Waals surface area contributed by atoms with E-state index in [9.17, 15) is 4.79 Å². The van der Waals surface area contributed by atoms with Crippen molar-refractivity contribution in [1.82, 2.24) is 9.99 Å². The molecule has 0 aliphatic heterocycles. The fourth-order valence-corrected chi connectivity index (χ4v) is 3.66. The van der Waals surface area contributed by atoms with Crippen molar-refractivity contribution in [3.63, 3.8) is 0 Å². The number of nitrogens with zero attached hydrogens (tertiary/aromatic N) is 2.